The first-order chi connectivity index (χ1) is 11.8. The van der Waals surface area contributed by atoms with Crippen LogP contribution in [0.2, 0.25) is 0 Å². The number of nitrogens with zero attached hydrogens (tertiary/aromatic N) is 3. The molecule has 1 N–H and O–H groups in total. The van der Waals surface area contributed by atoms with Gasteiger partial charge in [-0.05, 0) is 5.41 Å². The van der Waals surface area contributed by atoms with E-state index in [0.29, 0.717) is 25.5 Å². The molecule has 7 heteroatoms. The monoisotopic (exact) mass is 349 g/mol. The van der Waals surface area contributed by atoms with E-state index in [0.717, 1.165) is 37.5 Å². The van der Waals surface area contributed by atoms with Crippen molar-refractivity contribution in [3.63, 3.8) is 0 Å². The van der Waals surface area contributed by atoms with Crippen LogP contribution in [-0.2, 0) is 6.42 Å². The molecule has 2 aliphatic heterocycles. The number of hydrogen-bond donors (Lipinski definition) is 1. The Bertz CT molecular complexity index is 629. The van der Waals surface area contributed by atoms with Gasteiger partial charge in [-0.25, -0.2) is 4.79 Å². The average molecular weight is 349 g/mol. The van der Waals surface area contributed by atoms with Crippen molar-refractivity contribution < 1.29 is 19.4 Å². The fraction of sp³-hybridized carbons (Fsp3) is 0.667. The summed E-state index contributed by atoms with van der Waals surface area (Å²) in [5.41, 5.74) is 0.879. The number of carboxylic acid groups (broad SMARTS) is 1. The Balaban J connectivity index is 1.61. The normalized spacial score (nSPS) is 21.2. The Morgan fingerprint density at radius 1 is 1.28 bits per heavy atom. The van der Waals surface area contributed by atoms with E-state index in [2.05, 4.69) is 30.7 Å². The molecule has 3 heterocycles. The lowest BCUT2D eigenvalue weighted by atomic mass is 9.84. The van der Waals surface area contributed by atoms with Crippen LogP contribution in [-0.4, -0.2) is 71.4 Å². The number of fused-ring (bicyclic) bond motifs is 1. The van der Waals surface area contributed by atoms with Gasteiger partial charge in [0.15, 0.2) is 11.5 Å². The van der Waals surface area contributed by atoms with E-state index in [4.69, 9.17) is 9.47 Å². The number of piperazine rings is 1. The second-order valence-corrected chi connectivity index (χ2v) is 7.73. The van der Waals surface area contributed by atoms with Gasteiger partial charge in [-0.1, -0.05) is 20.8 Å². The highest BCUT2D eigenvalue weighted by Crippen LogP contribution is 2.30. The maximum absolute atomic E-state index is 11.5. The smallest absolute Gasteiger partial charge is 0.407 e. The Morgan fingerprint density at radius 2 is 2.00 bits per heavy atom. The van der Waals surface area contributed by atoms with Crippen molar-refractivity contribution in [3.05, 3.63) is 18.0 Å². The van der Waals surface area contributed by atoms with Crippen molar-refractivity contribution in [1.82, 2.24) is 14.8 Å². The predicted octanol–water partition coefficient (Wildman–Crippen LogP) is 2.11. The van der Waals surface area contributed by atoms with Gasteiger partial charge in [0.1, 0.15) is 13.2 Å². The molecule has 0 aliphatic carbocycles. The average Bonchev–Trinajstić information content (AvgIpc) is 2.58. The first-order valence-corrected chi connectivity index (χ1v) is 8.81. The van der Waals surface area contributed by atoms with E-state index < -0.39 is 6.09 Å². The maximum atomic E-state index is 11.5. The molecule has 3 rings (SSSR count). The molecule has 1 unspecified atom stereocenters. The molecular formula is C18H27N3O4. The van der Waals surface area contributed by atoms with Gasteiger partial charge < -0.3 is 19.5 Å². The molecule has 2 aliphatic rings. The van der Waals surface area contributed by atoms with Crippen LogP contribution in [0.1, 0.15) is 26.5 Å². The topological polar surface area (TPSA) is 75.1 Å². The fourth-order valence-electron chi connectivity index (χ4n) is 3.41. The van der Waals surface area contributed by atoms with E-state index >= 15 is 0 Å². The molecular weight excluding hydrogens is 322 g/mol. The number of pyridine rings is 1. The van der Waals surface area contributed by atoms with E-state index in [-0.39, 0.29) is 11.5 Å². The molecule has 1 atom stereocenters. The lowest BCUT2D eigenvalue weighted by Gasteiger charge is -2.46. The minimum Gasteiger partial charge on any atom is -0.486 e. The predicted molar refractivity (Wildman–Crippen MR) is 93.3 cm³/mol. The van der Waals surface area contributed by atoms with Crippen LogP contribution in [0, 0.1) is 5.41 Å². The van der Waals surface area contributed by atoms with Crippen LogP contribution in [0.3, 0.4) is 0 Å². The SMILES string of the molecule is CC(C)(C)C1CN(CCc2cc3c(cn2)OCCO3)CCN1C(=O)O. The van der Waals surface area contributed by atoms with Crippen LogP contribution in [0.25, 0.3) is 0 Å². The van der Waals surface area contributed by atoms with Gasteiger partial charge in [0.05, 0.1) is 12.2 Å². The van der Waals surface area contributed by atoms with Gasteiger partial charge >= 0.3 is 6.09 Å². The van der Waals surface area contributed by atoms with Crippen molar-refractivity contribution >= 4 is 6.09 Å². The second-order valence-electron chi connectivity index (χ2n) is 7.73. The molecule has 7 nitrogen and oxygen atoms in total. The molecule has 25 heavy (non-hydrogen) atoms. The number of amides is 1. The molecule has 0 spiro atoms. The van der Waals surface area contributed by atoms with Crippen LogP contribution in [0.5, 0.6) is 11.5 Å². The highest BCUT2D eigenvalue weighted by Gasteiger charge is 2.37. The molecule has 1 saturated heterocycles. The summed E-state index contributed by atoms with van der Waals surface area (Å²) in [4.78, 5) is 19.9. The molecule has 138 valence electrons. The van der Waals surface area contributed by atoms with Gasteiger partial charge in [0.25, 0.3) is 0 Å². The summed E-state index contributed by atoms with van der Waals surface area (Å²) in [6, 6.07) is 1.94. The minimum absolute atomic E-state index is 0.00743. The summed E-state index contributed by atoms with van der Waals surface area (Å²) in [6.45, 7) is 10.3. The third-order valence-electron chi connectivity index (χ3n) is 4.88. The van der Waals surface area contributed by atoms with Crippen molar-refractivity contribution in [1.29, 1.82) is 0 Å². The summed E-state index contributed by atoms with van der Waals surface area (Å²) in [5, 5.41) is 9.45. The maximum Gasteiger partial charge on any atom is 0.407 e. The third kappa shape index (κ3) is 4.15. The largest absolute Gasteiger partial charge is 0.486 e. The van der Waals surface area contributed by atoms with E-state index in [1.165, 1.54) is 0 Å². The Hall–Kier alpha value is -2.02. The molecule has 1 aromatic heterocycles. The zero-order chi connectivity index (χ0) is 18.0. The van der Waals surface area contributed by atoms with E-state index in [1.807, 2.05) is 6.07 Å². The zero-order valence-electron chi connectivity index (χ0n) is 15.2. The molecule has 0 saturated carbocycles. The minimum atomic E-state index is -0.826. The zero-order valence-corrected chi connectivity index (χ0v) is 15.2. The van der Waals surface area contributed by atoms with Gasteiger partial charge in [0.2, 0.25) is 0 Å². The van der Waals surface area contributed by atoms with Crippen LogP contribution < -0.4 is 9.47 Å². The highest BCUT2D eigenvalue weighted by atomic mass is 16.6. The molecule has 1 fully saturated rings. The van der Waals surface area contributed by atoms with E-state index in [1.54, 1.807) is 11.1 Å². The molecule has 1 amide bonds. The second kappa shape index (κ2) is 7.07. The lowest BCUT2D eigenvalue weighted by Crippen LogP contribution is -2.59. The van der Waals surface area contributed by atoms with Crippen LogP contribution in [0.4, 0.5) is 4.79 Å². The Morgan fingerprint density at radius 3 is 2.68 bits per heavy atom. The highest BCUT2D eigenvalue weighted by molar-refractivity contribution is 5.65. The summed E-state index contributed by atoms with van der Waals surface area (Å²) >= 11 is 0. The van der Waals surface area contributed by atoms with Crippen LogP contribution in [0.15, 0.2) is 12.3 Å². The van der Waals surface area contributed by atoms with Crippen molar-refractivity contribution in [2.75, 3.05) is 39.4 Å². The number of rotatable bonds is 3. The summed E-state index contributed by atoms with van der Waals surface area (Å²) < 4.78 is 11.1. The molecule has 0 bridgehead atoms. The fourth-order valence-corrected chi connectivity index (χ4v) is 3.41. The molecule has 1 aromatic rings. The van der Waals surface area contributed by atoms with Gasteiger partial charge in [0, 0.05) is 44.4 Å². The number of carbonyl (C=O) groups is 1. The van der Waals surface area contributed by atoms with Crippen molar-refractivity contribution in [2.45, 2.75) is 33.2 Å². The van der Waals surface area contributed by atoms with E-state index in [9.17, 15) is 9.90 Å². The quantitative estimate of drug-likeness (QED) is 0.901. The first-order valence-electron chi connectivity index (χ1n) is 8.81. The number of aromatic nitrogens is 1. The van der Waals surface area contributed by atoms with Gasteiger partial charge in [-0.15, -0.1) is 0 Å². The number of hydrogen-bond acceptors (Lipinski definition) is 5. The van der Waals surface area contributed by atoms with Gasteiger partial charge in [-0.2, -0.15) is 0 Å². The molecule has 0 aromatic carbocycles. The number of ether oxygens (including phenoxy) is 2. The Kier molecular flexibility index (Phi) is 5.03. The first kappa shape index (κ1) is 17.8. The van der Waals surface area contributed by atoms with Crippen LogP contribution >= 0.6 is 0 Å². The molecule has 0 radical (unpaired) electrons. The summed E-state index contributed by atoms with van der Waals surface area (Å²) in [7, 11) is 0. The summed E-state index contributed by atoms with van der Waals surface area (Å²) in [6.07, 6.45) is 1.71. The lowest BCUT2D eigenvalue weighted by molar-refractivity contribution is 0.0221. The van der Waals surface area contributed by atoms with Gasteiger partial charge in [-0.3, -0.25) is 9.88 Å². The Labute approximate surface area is 148 Å². The van der Waals surface area contributed by atoms with Crippen molar-refractivity contribution in [3.8, 4) is 11.5 Å². The van der Waals surface area contributed by atoms with Crippen molar-refractivity contribution in [2.24, 2.45) is 5.41 Å². The standard InChI is InChI=1S/C18H27N3O4/c1-18(2,3)16-12-20(6-7-21(16)17(22)23)5-4-13-10-14-15(11-19-13)25-9-8-24-14/h10-11,16H,4-9,12H2,1-3H3,(H,22,23). The summed E-state index contributed by atoms with van der Waals surface area (Å²) in [5.74, 6) is 1.47. The third-order valence-corrected chi connectivity index (χ3v) is 4.88.